The van der Waals surface area contributed by atoms with Crippen molar-refractivity contribution in [1.29, 1.82) is 0 Å². The van der Waals surface area contributed by atoms with E-state index in [0.717, 1.165) is 24.4 Å². The highest BCUT2D eigenvalue weighted by atomic mass is 32.2. The molecule has 0 aliphatic carbocycles. The number of ether oxygens (including phenoxy) is 1. The van der Waals surface area contributed by atoms with E-state index >= 15 is 0 Å². The summed E-state index contributed by atoms with van der Waals surface area (Å²) in [5.74, 6) is 1.33. The molecule has 2 fully saturated rings. The molecular weight excluding hydrogens is 232 g/mol. The van der Waals surface area contributed by atoms with Crippen molar-refractivity contribution in [2.45, 2.75) is 43.5 Å². The molecule has 3 nitrogen and oxygen atoms in total. The molecular formula is C13H26N2OS. The van der Waals surface area contributed by atoms with Crippen LogP contribution in [-0.4, -0.2) is 61.3 Å². The van der Waals surface area contributed by atoms with Crippen LogP contribution in [0.15, 0.2) is 0 Å². The Bertz CT molecular complexity index is 221. The van der Waals surface area contributed by atoms with Crippen molar-refractivity contribution in [3.05, 3.63) is 0 Å². The second-order valence-corrected chi connectivity index (χ2v) is 6.70. The topological polar surface area (TPSA) is 24.5 Å². The summed E-state index contributed by atoms with van der Waals surface area (Å²) in [5.41, 5.74) is 0. The van der Waals surface area contributed by atoms with E-state index in [1.807, 2.05) is 0 Å². The molecule has 0 spiro atoms. The summed E-state index contributed by atoms with van der Waals surface area (Å²) < 4.78 is 5.26. The van der Waals surface area contributed by atoms with Crippen LogP contribution in [-0.2, 0) is 4.74 Å². The van der Waals surface area contributed by atoms with Gasteiger partial charge in [0.25, 0.3) is 0 Å². The third kappa shape index (κ3) is 3.85. The Balaban J connectivity index is 1.86. The summed E-state index contributed by atoms with van der Waals surface area (Å²) >= 11 is 2.12. The van der Waals surface area contributed by atoms with Crippen LogP contribution >= 0.6 is 11.8 Å². The minimum atomic E-state index is 0.713. The van der Waals surface area contributed by atoms with Gasteiger partial charge in [0, 0.05) is 37.5 Å². The molecule has 3 unspecified atom stereocenters. The zero-order chi connectivity index (χ0) is 12.1. The molecule has 4 heteroatoms. The van der Waals surface area contributed by atoms with Crippen LogP contribution in [0.25, 0.3) is 0 Å². The second-order valence-electron chi connectivity index (χ2n) is 5.21. The monoisotopic (exact) mass is 258 g/mol. The van der Waals surface area contributed by atoms with Crippen LogP contribution in [0.1, 0.15) is 26.2 Å². The molecule has 2 aliphatic rings. The third-order valence-corrected chi connectivity index (χ3v) is 5.32. The molecule has 1 N–H and O–H groups in total. The summed E-state index contributed by atoms with van der Waals surface area (Å²) in [7, 11) is 1.80. The van der Waals surface area contributed by atoms with E-state index in [-0.39, 0.29) is 0 Å². The first-order valence-corrected chi connectivity index (χ1v) is 7.94. The van der Waals surface area contributed by atoms with Gasteiger partial charge < -0.3 is 10.1 Å². The molecule has 2 heterocycles. The first-order valence-electron chi connectivity index (χ1n) is 6.89. The molecule has 0 aromatic carbocycles. The average molecular weight is 258 g/mol. The number of hydrogen-bond donors (Lipinski definition) is 1. The Kier molecular flexibility index (Phi) is 5.60. The number of methoxy groups -OCH3 is 1. The van der Waals surface area contributed by atoms with E-state index in [2.05, 4.69) is 28.9 Å². The minimum absolute atomic E-state index is 0.713. The molecule has 17 heavy (non-hydrogen) atoms. The molecule has 2 rings (SSSR count). The lowest BCUT2D eigenvalue weighted by atomic mass is 10.1. The van der Waals surface area contributed by atoms with Gasteiger partial charge in [0.15, 0.2) is 0 Å². The maximum absolute atomic E-state index is 5.26. The molecule has 0 bridgehead atoms. The number of hydrogen-bond acceptors (Lipinski definition) is 4. The average Bonchev–Trinajstić information content (AvgIpc) is 2.95. The van der Waals surface area contributed by atoms with Gasteiger partial charge in [0.1, 0.15) is 0 Å². The van der Waals surface area contributed by atoms with E-state index in [1.54, 1.807) is 7.11 Å². The van der Waals surface area contributed by atoms with E-state index < -0.39 is 0 Å². The Labute approximate surface area is 110 Å². The Morgan fingerprint density at radius 3 is 2.88 bits per heavy atom. The van der Waals surface area contributed by atoms with Crippen molar-refractivity contribution < 1.29 is 4.74 Å². The van der Waals surface area contributed by atoms with Crippen molar-refractivity contribution in [2.75, 3.05) is 39.1 Å². The fourth-order valence-corrected chi connectivity index (χ4v) is 4.28. The zero-order valence-corrected chi connectivity index (χ0v) is 12.0. The molecule has 100 valence electrons. The lowest BCUT2D eigenvalue weighted by Gasteiger charge is -2.33. The summed E-state index contributed by atoms with van der Waals surface area (Å²) in [4.78, 5) is 2.66. The van der Waals surface area contributed by atoms with Crippen LogP contribution < -0.4 is 5.32 Å². The fourth-order valence-electron chi connectivity index (χ4n) is 3.00. The largest absolute Gasteiger partial charge is 0.383 e. The normalized spacial score (nSPS) is 33.7. The van der Waals surface area contributed by atoms with Crippen LogP contribution in [0.2, 0.25) is 0 Å². The van der Waals surface area contributed by atoms with Gasteiger partial charge >= 0.3 is 0 Å². The number of thioether (sulfide) groups is 1. The number of rotatable bonds is 6. The molecule has 0 saturated carbocycles. The Morgan fingerprint density at radius 2 is 2.29 bits per heavy atom. The lowest BCUT2D eigenvalue weighted by Crippen LogP contribution is -2.46. The number of nitrogens with zero attached hydrogens (tertiary/aromatic N) is 1. The highest BCUT2D eigenvalue weighted by Crippen LogP contribution is 2.30. The van der Waals surface area contributed by atoms with Gasteiger partial charge in [0.05, 0.1) is 6.61 Å². The standard InChI is InChI=1S/C13H26N2OS/c1-11-13(5-9-17-11)15(7-8-16-2)10-12-4-3-6-14-12/h11-14H,3-10H2,1-2H3. The van der Waals surface area contributed by atoms with E-state index in [1.165, 1.54) is 38.1 Å². The first kappa shape index (κ1) is 13.7. The Morgan fingerprint density at radius 1 is 1.41 bits per heavy atom. The van der Waals surface area contributed by atoms with Crippen LogP contribution in [0, 0.1) is 0 Å². The van der Waals surface area contributed by atoms with E-state index in [4.69, 9.17) is 4.74 Å². The van der Waals surface area contributed by atoms with Gasteiger partial charge in [-0.2, -0.15) is 11.8 Å². The van der Waals surface area contributed by atoms with Crippen molar-refractivity contribution in [3.8, 4) is 0 Å². The van der Waals surface area contributed by atoms with Crippen LogP contribution in [0.5, 0.6) is 0 Å². The van der Waals surface area contributed by atoms with E-state index in [0.29, 0.717) is 6.04 Å². The maximum atomic E-state index is 5.26. The first-order chi connectivity index (χ1) is 8.31. The lowest BCUT2D eigenvalue weighted by molar-refractivity contribution is 0.113. The highest BCUT2D eigenvalue weighted by molar-refractivity contribution is 8.00. The number of nitrogens with one attached hydrogen (secondary N) is 1. The summed E-state index contributed by atoms with van der Waals surface area (Å²) in [6.45, 7) is 6.74. The predicted molar refractivity (Wildman–Crippen MR) is 74.8 cm³/mol. The van der Waals surface area contributed by atoms with Crippen LogP contribution in [0.4, 0.5) is 0 Å². The molecule has 2 saturated heterocycles. The van der Waals surface area contributed by atoms with Crippen molar-refractivity contribution in [1.82, 2.24) is 10.2 Å². The predicted octanol–water partition coefficient (Wildman–Crippen LogP) is 1.58. The zero-order valence-electron chi connectivity index (χ0n) is 11.2. The maximum Gasteiger partial charge on any atom is 0.0589 e. The van der Waals surface area contributed by atoms with E-state index in [9.17, 15) is 0 Å². The van der Waals surface area contributed by atoms with Crippen LogP contribution in [0.3, 0.4) is 0 Å². The molecule has 0 aromatic rings. The summed E-state index contributed by atoms with van der Waals surface area (Å²) in [6.07, 6.45) is 4.04. The van der Waals surface area contributed by atoms with Crippen molar-refractivity contribution >= 4 is 11.8 Å². The molecule has 2 aliphatic heterocycles. The smallest absolute Gasteiger partial charge is 0.0589 e. The van der Waals surface area contributed by atoms with Crippen molar-refractivity contribution in [3.63, 3.8) is 0 Å². The minimum Gasteiger partial charge on any atom is -0.383 e. The Hall–Kier alpha value is 0.230. The van der Waals surface area contributed by atoms with Gasteiger partial charge in [-0.1, -0.05) is 6.92 Å². The summed E-state index contributed by atoms with van der Waals surface area (Å²) in [6, 6.07) is 1.47. The quantitative estimate of drug-likeness (QED) is 0.782. The summed E-state index contributed by atoms with van der Waals surface area (Å²) in [5, 5.41) is 4.40. The SMILES string of the molecule is COCCN(CC1CCCN1)C1CCSC1C. The molecule has 0 aromatic heterocycles. The third-order valence-electron chi connectivity index (χ3n) is 4.01. The van der Waals surface area contributed by atoms with Gasteiger partial charge in [-0.25, -0.2) is 0 Å². The van der Waals surface area contributed by atoms with Gasteiger partial charge in [-0.3, -0.25) is 4.90 Å². The highest BCUT2D eigenvalue weighted by Gasteiger charge is 2.31. The second kappa shape index (κ2) is 6.98. The fraction of sp³-hybridized carbons (Fsp3) is 1.00. The molecule has 0 amide bonds. The van der Waals surface area contributed by atoms with Gasteiger partial charge in [0.2, 0.25) is 0 Å². The molecule has 3 atom stereocenters. The molecule has 0 radical (unpaired) electrons. The van der Waals surface area contributed by atoms with Gasteiger partial charge in [-0.15, -0.1) is 0 Å². The van der Waals surface area contributed by atoms with Crippen molar-refractivity contribution in [2.24, 2.45) is 0 Å². The van der Waals surface area contributed by atoms with Gasteiger partial charge in [-0.05, 0) is 31.6 Å².